The number of nitrogens with two attached hydrogens (primary N) is 1. The molecule has 1 aromatic carbocycles. The van der Waals surface area contributed by atoms with Crippen molar-refractivity contribution in [2.24, 2.45) is 0 Å². The summed E-state index contributed by atoms with van der Waals surface area (Å²) in [5.74, 6) is 0. The topological polar surface area (TPSA) is 73.9 Å². The first-order valence-electron chi connectivity index (χ1n) is 6.87. The Kier molecular flexibility index (Phi) is 8.22. The quantitative estimate of drug-likeness (QED) is 0.726. The standard InChI is InChI=1S/C8H7N3OS.C6H7N.C2H6/c1-12-8-9-3-2-7(11-8)6-4-10-13-5-6;7-6-4-2-1-3-5-6;1-2/h2-5H,1H3;1-5H,7H2;1-2H3. The van der Waals surface area contributed by atoms with E-state index in [1.807, 2.05) is 55.6 Å². The van der Waals surface area contributed by atoms with Gasteiger partial charge in [-0.15, -0.1) is 0 Å². The predicted molar refractivity (Wildman–Crippen MR) is 91.9 cm³/mol. The molecule has 0 bridgehead atoms. The third-order valence-corrected chi connectivity index (χ3v) is 2.93. The lowest BCUT2D eigenvalue weighted by molar-refractivity contribution is 0.380. The number of nitrogen functional groups attached to an aromatic ring is 1. The Morgan fingerprint density at radius 3 is 2.32 bits per heavy atom. The van der Waals surface area contributed by atoms with Gasteiger partial charge in [-0.1, -0.05) is 32.0 Å². The van der Waals surface area contributed by atoms with Crippen LogP contribution in [0.25, 0.3) is 11.3 Å². The van der Waals surface area contributed by atoms with Crippen molar-refractivity contribution in [3.05, 3.63) is 54.2 Å². The molecule has 3 aromatic rings. The summed E-state index contributed by atoms with van der Waals surface area (Å²) in [6, 6.07) is 11.7. The van der Waals surface area contributed by atoms with Gasteiger partial charge < -0.3 is 10.5 Å². The van der Waals surface area contributed by atoms with Crippen LogP contribution in [0.15, 0.2) is 54.2 Å². The highest BCUT2D eigenvalue weighted by atomic mass is 32.1. The van der Waals surface area contributed by atoms with E-state index in [2.05, 4.69) is 14.3 Å². The Labute approximate surface area is 135 Å². The number of benzene rings is 1. The minimum atomic E-state index is 0.378. The first kappa shape index (κ1) is 17.6. The molecule has 0 aliphatic heterocycles. The molecule has 116 valence electrons. The Hall–Kier alpha value is -2.47. The van der Waals surface area contributed by atoms with Gasteiger partial charge in [0.1, 0.15) is 0 Å². The molecular formula is C16H20N4OS. The van der Waals surface area contributed by atoms with Gasteiger partial charge in [0.15, 0.2) is 0 Å². The molecule has 2 heterocycles. The number of anilines is 1. The van der Waals surface area contributed by atoms with Crippen molar-refractivity contribution in [3.8, 4) is 17.3 Å². The fourth-order valence-corrected chi connectivity index (χ4v) is 1.91. The first-order chi connectivity index (χ1) is 10.8. The number of nitrogens with zero attached hydrogens (tertiary/aromatic N) is 3. The normalized spacial score (nSPS) is 8.86. The van der Waals surface area contributed by atoms with Crippen LogP contribution in [0.3, 0.4) is 0 Å². The van der Waals surface area contributed by atoms with E-state index in [1.165, 1.54) is 11.5 Å². The van der Waals surface area contributed by atoms with Crippen molar-refractivity contribution in [1.82, 2.24) is 14.3 Å². The third kappa shape index (κ3) is 5.88. The summed E-state index contributed by atoms with van der Waals surface area (Å²) in [5, 5.41) is 1.93. The van der Waals surface area contributed by atoms with Gasteiger partial charge in [0.25, 0.3) is 0 Å². The minimum absolute atomic E-state index is 0.378. The van der Waals surface area contributed by atoms with Crippen LogP contribution in [-0.2, 0) is 0 Å². The van der Waals surface area contributed by atoms with Crippen LogP contribution in [0.4, 0.5) is 5.69 Å². The second kappa shape index (κ2) is 10.3. The number of para-hydroxylation sites is 1. The van der Waals surface area contributed by atoms with Crippen molar-refractivity contribution < 1.29 is 4.74 Å². The number of hydrogen-bond donors (Lipinski definition) is 1. The zero-order valence-corrected chi connectivity index (χ0v) is 13.7. The summed E-state index contributed by atoms with van der Waals surface area (Å²) >= 11 is 1.40. The molecule has 0 aliphatic carbocycles. The molecule has 0 fully saturated rings. The van der Waals surface area contributed by atoms with E-state index in [9.17, 15) is 0 Å². The van der Waals surface area contributed by atoms with Gasteiger partial charge >= 0.3 is 6.01 Å². The van der Waals surface area contributed by atoms with Crippen molar-refractivity contribution in [1.29, 1.82) is 0 Å². The molecule has 2 N–H and O–H groups in total. The van der Waals surface area contributed by atoms with Crippen molar-refractivity contribution in [2.75, 3.05) is 12.8 Å². The van der Waals surface area contributed by atoms with E-state index in [1.54, 1.807) is 19.5 Å². The molecule has 3 rings (SSSR count). The average molecular weight is 316 g/mol. The highest BCUT2D eigenvalue weighted by molar-refractivity contribution is 7.03. The monoisotopic (exact) mass is 316 g/mol. The third-order valence-electron chi connectivity index (χ3n) is 2.34. The van der Waals surface area contributed by atoms with E-state index < -0.39 is 0 Å². The van der Waals surface area contributed by atoms with Gasteiger partial charge in [-0.2, -0.15) is 4.98 Å². The molecule has 2 aromatic heterocycles. The molecule has 0 amide bonds. The molecule has 6 heteroatoms. The SMILES string of the molecule is CC.COc1nccc(-c2cnsc2)n1.Nc1ccccc1. The van der Waals surface area contributed by atoms with Crippen LogP contribution in [0.1, 0.15) is 13.8 Å². The Balaban J connectivity index is 0.000000228. The van der Waals surface area contributed by atoms with Gasteiger partial charge in [0.05, 0.1) is 19.0 Å². The van der Waals surface area contributed by atoms with Crippen molar-refractivity contribution in [3.63, 3.8) is 0 Å². The highest BCUT2D eigenvalue weighted by Crippen LogP contribution is 2.18. The molecule has 0 radical (unpaired) electrons. The number of aromatic nitrogens is 3. The maximum Gasteiger partial charge on any atom is 0.316 e. The smallest absolute Gasteiger partial charge is 0.316 e. The number of ether oxygens (including phenoxy) is 1. The molecule has 0 spiro atoms. The number of rotatable bonds is 2. The lowest BCUT2D eigenvalue weighted by Gasteiger charge is -1.98. The van der Waals surface area contributed by atoms with E-state index in [4.69, 9.17) is 10.5 Å². The fourth-order valence-electron chi connectivity index (χ4n) is 1.38. The van der Waals surface area contributed by atoms with E-state index >= 15 is 0 Å². The average Bonchev–Trinajstić information content (AvgIpc) is 3.13. The van der Waals surface area contributed by atoms with E-state index in [-0.39, 0.29) is 0 Å². The van der Waals surface area contributed by atoms with Gasteiger partial charge in [-0.25, -0.2) is 9.36 Å². The molecule has 0 saturated heterocycles. The summed E-state index contributed by atoms with van der Waals surface area (Å²) in [6.07, 6.45) is 3.44. The van der Waals surface area contributed by atoms with Crippen LogP contribution in [-0.4, -0.2) is 21.5 Å². The molecule has 22 heavy (non-hydrogen) atoms. The summed E-state index contributed by atoms with van der Waals surface area (Å²) in [7, 11) is 1.55. The van der Waals surface area contributed by atoms with Gasteiger partial charge in [-0.3, -0.25) is 0 Å². The van der Waals surface area contributed by atoms with Crippen LogP contribution in [0, 0.1) is 0 Å². The maximum absolute atomic E-state index is 5.36. The van der Waals surface area contributed by atoms with Crippen molar-refractivity contribution in [2.45, 2.75) is 13.8 Å². The van der Waals surface area contributed by atoms with E-state index in [0.29, 0.717) is 6.01 Å². The van der Waals surface area contributed by atoms with E-state index in [0.717, 1.165) is 16.9 Å². The second-order valence-corrected chi connectivity index (χ2v) is 4.41. The molecule has 5 nitrogen and oxygen atoms in total. The second-order valence-electron chi connectivity index (χ2n) is 3.75. The zero-order chi connectivity index (χ0) is 16.2. The lowest BCUT2D eigenvalue weighted by Crippen LogP contribution is -1.91. The summed E-state index contributed by atoms with van der Waals surface area (Å²) in [4.78, 5) is 8.08. The van der Waals surface area contributed by atoms with Gasteiger partial charge in [-0.05, 0) is 29.7 Å². The van der Waals surface area contributed by atoms with Crippen LogP contribution >= 0.6 is 11.5 Å². The first-order valence-corrected chi connectivity index (χ1v) is 7.70. The highest BCUT2D eigenvalue weighted by Gasteiger charge is 2.02. The maximum atomic E-state index is 5.36. The molecule has 0 saturated carbocycles. The van der Waals surface area contributed by atoms with Crippen LogP contribution < -0.4 is 10.5 Å². The Morgan fingerprint density at radius 2 is 1.82 bits per heavy atom. The Morgan fingerprint density at radius 1 is 1.09 bits per heavy atom. The summed E-state index contributed by atoms with van der Waals surface area (Å²) in [5.41, 5.74) is 8.00. The summed E-state index contributed by atoms with van der Waals surface area (Å²) in [6.45, 7) is 4.00. The number of methoxy groups -OCH3 is 1. The van der Waals surface area contributed by atoms with Gasteiger partial charge in [0.2, 0.25) is 0 Å². The number of hydrogen-bond acceptors (Lipinski definition) is 6. The van der Waals surface area contributed by atoms with Crippen molar-refractivity contribution >= 4 is 17.2 Å². The lowest BCUT2D eigenvalue weighted by atomic mass is 10.2. The predicted octanol–water partition coefficient (Wildman–Crippen LogP) is 3.90. The fraction of sp³-hybridized carbons (Fsp3) is 0.188. The molecular weight excluding hydrogens is 296 g/mol. The molecule has 0 atom stereocenters. The van der Waals surface area contributed by atoms with Crippen LogP contribution in [0.2, 0.25) is 0 Å². The minimum Gasteiger partial charge on any atom is -0.467 e. The largest absolute Gasteiger partial charge is 0.467 e. The summed E-state index contributed by atoms with van der Waals surface area (Å²) < 4.78 is 8.91. The van der Waals surface area contributed by atoms with Crippen LogP contribution in [0.5, 0.6) is 6.01 Å². The molecule has 0 aliphatic rings. The molecule has 0 unspecified atom stereocenters. The zero-order valence-electron chi connectivity index (χ0n) is 12.9. The Bertz CT molecular complexity index is 630. The van der Waals surface area contributed by atoms with Gasteiger partial charge in [0, 0.05) is 22.8 Å².